The molecule has 0 saturated heterocycles. The summed E-state index contributed by atoms with van der Waals surface area (Å²) in [6.07, 6.45) is 1.25. The molecule has 1 amide bonds. The van der Waals surface area contributed by atoms with E-state index in [9.17, 15) is 18.5 Å². The Labute approximate surface area is 211 Å². The highest BCUT2D eigenvalue weighted by Crippen LogP contribution is 2.39. The van der Waals surface area contributed by atoms with E-state index in [-0.39, 0.29) is 48.3 Å². The zero-order valence-electron chi connectivity index (χ0n) is 17.4. The second-order valence-electron chi connectivity index (χ2n) is 6.61. The van der Waals surface area contributed by atoms with E-state index >= 15 is 0 Å². The predicted molar refractivity (Wildman–Crippen MR) is 131 cm³/mol. The van der Waals surface area contributed by atoms with Crippen LogP contribution in [-0.2, 0) is 14.9 Å². The number of hydrogen-bond acceptors (Lipinski definition) is 6. The number of amides is 1. The molecule has 3 aromatic carbocycles. The summed E-state index contributed by atoms with van der Waals surface area (Å²) in [7, 11) is -2.89. The lowest BCUT2D eigenvalue weighted by molar-refractivity contribution is -0.112. The summed E-state index contributed by atoms with van der Waals surface area (Å²) < 4.78 is 35.6. The van der Waals surface area contributed by atoms with Crippen molar-refractivity contribution in [2.75, 3.05) is 12.4 Å². The molecule has 3 aromatic rings. The van der Waals surface area contributed by atoms with Gasteiger partial charge in [-0.25, -0.2) is 0 Å². The molecule has 0 aromatic heterocycles. The fourth-order valence-corrected chi connectivity index (χ4v) is 4.38. The van der Waals surface area contributed by atoms with Gasteiger partial charge in [0, 0.05) is 0 Å². The smallest absolute Gasteiger partial charge is 0.339 e. The molecule has 0 bridgehead atoms. The molecule has 1 N–H and O–H groups in total. The number of methoxy groups -OCH3 is 1. The average Bonchev–Trinajstić information content (AvgIpc) is 2.82. The zero-order chi connectivity index (χ0) is 24.9. The Hall–Kier alpha value is -3.22. The van der Waals surface area contributed by atoms with Crippen molar-refractivity contribution >= 4 is 62.6 Å². The van der Waals surface area contributed by atoms with Crippen molar-refractivity contribution in [1.29, 1.82) is 5.26 Å². The normalized spacial score (nSPS) is 11.4. The number of nitrogens with one attached hydrogen (secondary N) is 1. The van der Waals surface area contributed by atoms with E-state index in [1.54, 1.807) is 36.4 Å². The largest absolute Gasteiger partial charge is 0.493 e. The fourth-order valence-electron chi connectivity index (χ4n) is 2.75. The Morgan fingerprint density at radius 3 is 2.38 bits per heavy atom. The highest BCUT2D eigenvalue weighted by molar-refractivity contribution is 7.87. The Bertz CT molecular complexity index is 1420. The topological polar surface area (TPSA) is 105 Å². The summed E-state index contributed by atoms with van der Waals surface area (Å²) in [6.45, 7) is 0. The van der Waals surface area contributed by atoms with E-state index in [2.05, 4.69) is 5.32 Å². The molecule has 7 nitrogen and oxygen atoms in total. The lowest BCUT2D eigenvalue weighted by Gasteiger charge is -2.13. The first-order valence-corrected chi connectivity index (χ1v) is 11.9. The van der Waals surface area contributed by atoms with E-state index in [0.29, 0.717) is 0 Å². The van der Waals surface area contributed by atoms with Crippen molar-refractivity contribution in [3.8, 4) is 17.6 Å². The molecule has 0 aliphatic carbocycles. The summed E-state index contributed by atoms with van der Waals surface area (Å²) in [5.41, 5.74) is 0.237. The van der Waals surface area contributed by atoms with Crippen molar-refractivity contribution in [3.05, 3.63) is 86.9 Å². The molecule has 174 valence electrons. The van der Waals surface area contributed by atoms with Crippen LogP contribution in [0.25, 0.3) is 6.08 Å². The van der Waals surface area contributed by atoms with Gasteiger partial charge >= 0.3 is 10.1 Å². The number of hydrogen-bond donors (Lipinski definition) is 1. The lowest BCUT2D eigenvalue weighted by atomic mass is 10.1. The molecule has 0 fully saturated rings. The van der Waals surface area contributed by atoms with Crippen LogP contribution in [0.5, 0.6) is 11.5 Å². The van der Waals surface area contributed by atoms with Crippen LogP contribution in [0.2, 0.25) is 15.1 Å². The van der Waals surface area contributed by atoms with Crippen molar-refractivity contribution < 1.29 is 22.1 Å². The first-order chi connectivity index (χ1) is 16.2. The molecule has 0 aliphatic heterocycles. The Morgan fingerprint density at radius 1 is 1.03 bits per heavy atom. The van der Waals surface area contributed by atoms with Gasteiger partial charge in [0.25, 0.3) is 5.91 Å². The average molecular weight is 538 g/mol. The van der Waals surface area contributed by atoms with E-state index in [4.69, 9.17) is 43.7 Å². The van der Waals surface area contributed by atoms with Crippen molar-refractivity contribution in [3.63, 3.8) is 0 Å². The van der Waals surface area contributed by atoms with Gasteiger partial charge in [0.05, 0.1) is 27.9 Å². The number of ether oxygens (including phenoxy) is 1. The summed E-state index contributed by atoms with van der Waals surface area (Å²) in [4.78, 5) is 12.5. The van der Waals surface area contributed by atoms with E-state index in [1.807, 2.05) is 0 Å². The summed E-state index contributed by atoms with van der Waals surface area (Å²) in [5.74, 6) is -0.999. The molecule has 0 spiro atoms. The molecule has 0 saturated carbocycles. The molecule has 0 unspecified atom stereocenters. The van der Waals surface area contributed by atoms with Gasteiger partial charge in [-0.2, -0.15) is 13.7 Å². The summed E-state index contributed by atoms with van der Waals surface area (Å²) in [5, 5.41) is 12.2. The van der Waals surface area contributed by atoms with E-state index < -0.39 is 16.0 Å². The highest BCUT2D eigenvalue weighted by Gasteiger charge is 2.22. The molecular weight excluding hydrogens is 523 g/mol. The third kappa shape index (κ3) is 5.82. The minimum absolute atomic E-state index is 0.0196. The van der Waals surface area contributed by atoms with Crippen LogP contribution in [0.3, 0.4) is 0 Å². The van der Waals surface area contributed by atoms with Gasteiger partial charge in [-0.1, -0.05) is 59.1 Å². The maximum absolute atomic E-state index is 12.6. The molecule has 0 aliphatic rings. The van der Waals surface area contributed by atoms with E-state index in [0.717, 1.165) is 0 Å². The summed E-state index contributed by atoms with van der Waals surface area (Å²) in [6, 6.07) is 16.7. The van der Waals surface area contributed by atoms with Gasteiger partial charge in [-0.05, 0) is 48.0 Å². The fraction of sp³-hybridized carbons (Fsp3) is 0.0435. The first kappa shape index (κ1) is 25.4. The van der Waals surface area contributed by atoms with Crippen LogP contribution in [0, 0.1) is 11.3 Å². The third-order valence-electron chi connectivity index (χ3n) is 4.35. The first-order valence-electron chi connectivity index (χ1n) is 9.40. The molecule has 34 heavy (non-hydrogen) atoms. The maximum atomic E-state index is 12.6. The van der Waals surface area contributed by atoms with Crippen LogP contribution < -0.4 is 14.2 Å². The Morgan fingerprint density at radius 2 is 1.74 bits per heavy atom. The Kier molecular flexibility index (Phi) is 8.07. The molecule has 0 radical (unpaired) electrons. The number of rotatable bonds is 7. The Balaban J connectivity index is 1.92. The van der Waals surface area contributed by atoms with Crippen LogP contribution in [0.15, 0.2) is 71.1 Å². The van der Waals surface area contributed by atoms with Gasteiger partial charge in [-0.3, -0.25) is 4.79 Å². The van der Waals surface area contributed by atoms with Crippen LogP contribution in [-0.4, -0.2) is 21.4 Å². The minimum atomic E-state index is -4.18. The number of anilines is 1. The number of nitriles is 1. The maximum Gasteiger partial charge on any atom is 0.339 e. The van der Waals surface area contributed by atoms with Crippen molar-refractivity contribution in [1.82, 2.24) is 0 Å². The monoisotopic (exact) mass is 536 g/mol. The van der Waals surface area contributed by atoms with Gasteiger partial charge in [0.1, 0.15) is 16.5 Å². The van der Waals surface area contributed by atoms with Gasteiger partial charge in [-0.15, -0.1) is 0 Å². The number of carbonyl (C=O) groups is 1. The van der Waals surface area contributed by atoms with Crippen LogP contribution in [0.4, 0.5) is 5.69 Å². The quantitative estimate of drug-likeness (QED) is 0.226. The SMILES string of the molecule is COc1cc(/C=C(\C#N)C(=O)Nc2cccc(Cl)c2Cl)cc(Cl)c1OS(=O)(=O)c1ccccc1. The van der Waals surface area contributed by atoms with Crippen LogP contribution in [0.1, 0.15) is 5.56 Å². The van der Waals surface area contributed by atoms with Crippen molar-refractivity contribution in [2.45, 2.75) is 4.90 Å². The molecular formula is C23H15Cl3N2O5S. The van der Waals surface area contributed by atoms with Crippen molar-refractivity contribution in [2.24, 2.45) is 0 Å². The molecule has 11 heteroatoms. The summed E-state index contributed by atoms with van der Waals surface area (Å²) >= 11 is 18.3. The molecule has 0 heterocycles. The number of nitrogens with zero attached hydrogens (tertiary/aromatic N) is 1. The third-order valence-corrected chi connectivity index (χ3v) is 6.69. The highest BCUT2D eigenvalue weighted by atomic mass is 35.5. The lowest BCUT2D eigenvalue weighted by Crippen LogP contribution is -2.14. The minimum Gasteiger partial charge on any atom is -0.493 e. The molecule has 0 atom stereocenters. The number of carbonyl (C=O) groups excluding carboxylic acids is 1. The standard InChI is InChI=1S/C23H15Cl3N2O5S/c1-32-20-12-14(10-15(13-27)23(29)28-19-9-5-8-17(24)21(19)26)11-18(25)22(20)33-34(30,31)16-6-3-2-4-7-16/h2-12H,1H3,(H,28,29)/b15-10+. The zero-order valence-corrected chi connectivity index (χ0v) is 20.5. The van der Waals surface area contributed by atoms with Gasteiger partial charge < -0.3 is 14.2 Å². The van der Waals surface area contributed by atoms with Gasteiger partial charge in [0.15, 0.2) is 5.75 Å². The second-order valence-corrected chi connectivity index (χ2v) is 9.35. The second kappa shape index (κ2) is 10.8. The number of benzene rings is 3. The van der Waals surface area contributed by atoms with Crippen LogP contribution >= 0.6 is 34.8 Å². The van der Waals surface area contributed by atoms with Gasteiger partial charge in [0.2, 0.25) is 5.75 Å². The van der Waals surface area contributed by atoms with E-state index in [1.165, 1.54) is 43.5 Å². The molecule has 3 rings (SSSR count). The predicted octanol–water partition coefficient (Wildman–Crippen LogP) is 5.97. The number of halogens is 3.